The van der Waals surface area contributed by atoms with Gasteiger partial charge >= 0.3 is 6.09 Å². The molecule has 0 aromatic heterocycles. The molecule has 0 saturated carbocycles. The number of benzene rings is 4. The summed E-state index contributed by atoms with van der Waals surface area (Å²) in [5.74, 6) is -1.47. The first-order valence-corrected chi connectivity index (χ1v) is 22.7. The molecule has 3 heterocycles. The number of halogens is 1. The van der Waals surface area contributed by atoms with Crippen LogP contribution in [0.2, 0.25) is 0 Å². The topological polar surface area (TPSA) is 153 Å². The lowest BCUT2D eigenvalue weighted by molar-refractivity contribution is -0.141. The summed E-state index contributed by atoms with van der Waals surface area (Å²) >= 11 is 0. The van der Waals surface area contributed by atoms with E-state index < -0.39 is 30.3 Å². The van der Waals surface area contributed by atoms with Crippen LogP contribution < -0.4 is 20.9 Å². The van der Waals surface area contributed by atoms with Crippen LogP contribution >= 0.6 is 0 Å². The molecule has 1 unspecified atom stereocenters. The van der Waals surface area contributed by atoms with Gasteiger partial charge in [0.05, 0.1) is 13.7 Å². The number of hydrogen-bond acceptors (Lipinski definition) is 9. The molecule has 5 atom stereocenters. The molecule has 5 amide bonds. The maximum atomic E-state index is 14.1. The van der Waals surface area contributed by atoms with E-state index in [-0.39, 0.29) is 35.4 Å². The van der Waals surface area contributed by atoms with E-state index in [2.05, 4.69) is 25.8 Å². The van der Waals surface area contributed by atoms with E-state index in [0.29, 0.717) is 89.5 Å². The van der Waals surface area contributed by atoms with Crippen LogP contribution in [-0.2, 0) is 41.7 Å². The molecule has 0 spiro atoms. The Morgan fingerprint density at radius 1 is 0.723 bits per heavy atom. The summed E-state index contributed by atoms with van der Waals surface area (Å²) in [6.45, 7) is 8.17. The lowest BCUT2D eigenvalue weighted by Gasteiger charge is -2.34. The number of ether oxygens (including phenoxy) is 2. The van der Waals surface area contributed by atoms with Crippen molar-refractivity contribution in [1.29, 1.82) is 0 Å². The summed E-state index contributed by atoms with van der Waals surface area (Å²) in [6.07, 6.45) is 2.38. The Balaban J connectivity index is 0.981. The number of nitrogens with one attached hydrogen (secondary N) is 3. The zero-order valence-electron chi connectivity index (χ0n) is 37.4. The Labute approximate surface area is 380 Å². The second kappa shape index (κ2) is 22.0. The van der Waals surface area contributed by atoms with Gasteiger partial charge in [0.1, 0.15) is 30.0 Å². The number of likely N-dealkylation sites (tertiary alicyclic amines) is 2. The van der Waals surface area contributed by atoms with Gasteiger partial charge in [0, 0.05) is 55.8 Å². The van der Waals surface area contributed by atoms with E-state index in [0.717, 1.165) is 28.8 Å². The van der Waals surface area contributed by atoms with Crippen molar-refractivity contribution in [3.8, 4) is 0 Å². The van der Waals surface area contributed by atoms with Gasteiger partial charge in [0.2, 0.25) is 23.6 Å². The third-order valence-electron chi connectivity index (χ3n) is 12.7. The molecule has 0 aliphatic carbocycles. The van der Waals surface area contributed by atoms with Crippen molar-refractivity contribution in [2.75, 3.05) is 62.0 Å². The molecule has 3 N–H and O–H groups in total. The molecule has 3 saturated heterocycles. The van der Waals surface area contributed by atoms with Gasteiger partial charge in [0.25, 0.3) is 0 Å². The van der Waals surface area contributed by atoms with Crippen molar-refractivity contribution in [1.82, 2.24) is 20.0 Å². The molecule has 344 valence electrons. The first kappa shape index (κ1) is 46.7. The highest BCUT2D eigenvalue weighted by atomic mass is 19.1. The lowest BCUT2D eigenvalue weighted by Crippen LogP contribution is -2.55. The van der Waals surface area contributed by atoms with E-state index >= 15 is 0 Å². The highest BCUT2D eigenvalue weighted by Crippen LogP contribution is 2.30. The third kappa shape index (κ3) is 11.5. The predicted octanol–water partition coefficient (Wildman–Crippen LogP) is 6.74. The van der Waals surface area contributed by atoms with Gasteiger partial charge in [-0.25, -0.2) is 9.18 Å². The largest absolute Gasteiger partial charge is 0.453 e. The normalized spacial score (nSPS) is 19.1. The van der Waals surface area contributed by atoms with Crippen LogP contribution in [0.25, 0.3) is 0 Å². The van der Waals surface area contributed by atoms with Crippen molar-refractivity contribution < 1.29 is 37.8 Å². The minimum Gasteiger partial charge on any atom is -0.453 e. The number of carbonyl (C=O) groups is 5. The van der Waals surface area contributed by atoms with Gasteiger partial charge in [-0.05, 0) is 110 Å². The van der Waals surface area contributed by atoms with E-state index in [1.54, 1.807) is 21.9 Å². The van der Waals surface area contributed by atoms with Crippen LogP contribution in [0, 0.1) is 11.7 Å². The molecule has 3 fully saturated rings. The molecular weight excluding hydrogens is 830 g/mol. The quantitative estimate of drug-likeness (QED) is 0.105. The Bertz CT molecular complexity index is 2240. The Kier molecular flexibility index (Phi) is 15.8. The first-order valence-electron chi connectivity index (χ1n) is 22.7. The van der Waals surface area contributed by atoms with Crippen molar-refractivity contribution in [2.24, 2.45) is 5.92 Å². The van der Waals surface area contributed by atoms with Crippen molar-refractivity contribution in [3.63, 3.8) is 0 Å². The fourth-order valence-corrected chi connectivity index (χ4v) is 9.23. The Hall–Kier alpha value is -6.32. The van der Waals surface area contributed by atoms with Gasteiger partial charge in [-0.2, -0.15) is 0 Å². The molecular formula is C50H60FN7O7. The van der Waals surface area contributed by atoms with Gasteiger partial charge in [0.15, 0.2) is 0 Å². The maximum absolute atomic E-state index is 14.1. The average Bonchev–Trinajstić information content (AvgIpc) is 4.15. The van der Waals surface area contributed by atoms with E-state index in [4.69, 9.17) is 9.47 Å². The number of anilines is 3. The number of amides is 5. The fourth-order valence-electron chi connectivity index (χ4n) is 9.23. The number of methoxy groups -OCH3 is 1. The molecule has 4 aromatic carbocycles. The Morgan fingerprint density at radius 3 is 1.75 bits per heavy atom. The number of rotatable bonds is 17. The molecule has 0 bridgehead atoms. The minimum atomic E-state index is -0.858. The Morgan fingerprint density at radius 2 is 1.26 bits per heavy atom. The number of alkyl carbamates (subject to hydrolysis) is 1. The third-order valence-corrected chi connectivity index (χ3v) is 12.7. The first-order chi connectivity index (χ1) is 31.6. The summed E-state index contributed by atoms with van der Waals surface area (Å²) in [5, 5.41) is 8.70. The highest BCUT2D eigenvalue weighted by Gasteiger charge is 2.42. The second-order valence-corrected chi connectivity index (χ2v) is 16.9. The van der Waals surface area contributed by atoms with E-state index in [1.807, 2.05) is 92.7 Å². The number of carbonyl (C=O) groups excluding carboxylic acids is 5. The molecule has 15 heteroatoms. The van der Waals surface area contributed by atoms with Crippen LogP contribution in [0.4, 0.5) is 26.2 Å². The number of likely N-dealkylation sites (N-methyl/N-ethyl adjacent to an activating group) is 1. The van der Waals surface area contributed by atoms with Crippen LogP contribution in [0.15, 0.2) is 103 Å². The van der Waals surface area contributed by atoms with Gasteiger partial charge in [-0.15, -0.1) is 0 Å². The summed E-state index contributed by atoms with van der Waals surface area (Å²) in [4.78, 5) is 75.0. The van der Waals surface area contributed by atoms with Gasteiger partial charge in [-0.1, -0.05) is 68.4 Å². The molecule has 3 aliphatic heterocycles. The second-order valence-electron chi connectivity index (χ2n) is 16.9. The fraction of sp³-hybridized carbons (Fsp3) is 0.420. The molecule has 7 rings (SSSR count). The molecule has 4 aromatic rings. The lowest BCUT2D eigenvalue weighted by atomic mass is 9.97. The van der Waals surface area contributed by atoms with Crippen LogP contribution in [0.5, 0.6) is 0 Å². The molecule has 0 radical (unpaired) electrons. The highest BCUT2D eigenvalue weighted by molar-refractivity contribution is 5.99. The van der Waals surface area contributed by atoms with Crippen LogP contribution in [0.3, 0.4) is 0 Å². The van der Waals surface area contributed by atoms with Crippen molar-refractivity contribution in [3.05, 3.63) is 126 Å². The zero-order valence-corrected chi connectivity index (χ0v) is 37.4. The van der Waals surface area contributed by atoms with Crippen LogP contribution in [-0.4, -0.2) is 109 Å². The van der Waals surface area contributed by atoms with Crippen molar-refractivity contribution in [2.45, 2.75) is 83.2 Å². The van der Waals surface area contributed by atoms with Crippen molar-refractivity contribution >= 4 is 46.8 Å². The van der Waals surface area contributed by atoms with Gasteiger partial charge < -0.3 is 40.1 Å². The smallest absolute Gasteiger partial charge is 0.407 e. The minimum absolute atomic E-state index is 0.0615. The molecule has 3 aliphatic rings. The standard InChI is InChI=1S/C50H60FN7O7/c1-4-55(5-2)45(36-11-7-6-8-12-36)49(62)58-29-10-14-43(58)47(60)53-40-23-17-35(18-24-40)32-56(41-25-19-38(51)20-26-41)31-34-15-21-39(22-16-34)52-46(59)42-13-9-28-57(42)48(61)44(54-50(63)64-3)37-27-30-65-33-37/h6-8,11-12,15-26,37,42-45H,4-5,9-10,13-14,27-33H2,1-3H3,(H,52,59)(H,53,60)(H,54,63)/t37?,42-,43-,44-,45+/m0/s1. The molecule has 14 nitrogen and oxygen atoms in total. The molecule has 65 heavy (non-hydrogen) atoms. The number of nitrogens with zero attached hydrogens (tertiary/aromatic N) is 4. The monoisotopic (exact) mass is 889 g/mol. The number of hydrogen-bond donors (Lipinski definition) is 3. The zero-order chi connectivity index (χ0) is 45.9. The summed E-state index contributed by atoms with van der Waals surface area (Å²) in [7, 11) is 1.24. The summed E-state index contributed by atoms with van der Waals surface area (Å²) in [6, 6.07) is 28.5. The summed E-state index contributed by atoms with van der Waals surface area (Å²) in [5.41, 5.74) is 4.81. The van der Waals surface area contributed by atoms with E-state index in [9.17, 15) is 28.4 Å². The predicted molar refractivity (Wildman–Crippen MR) is 246 cm³/mol. The maximum Gasteiger partial charge on any atom is 0.407 e. The van der Waals surface area contributed by atoms with E-state index in [1.165, 1.54) is 19.2 Å². The average molecular weight is 890 g/mol. The summed E-state index contributed by atoms with van der Waals surface area (Å²) < 4.78 is 24.3. The van der Waals surface area contributed by atoms with Crippen LogP contribution in [0.1, 0.15) is 68.7 Å². The van der Waals surface area contributed by atoms with Gasteiger partial charge in [-0.3, -0.25) is 24.1 Å². The SMILES string of the molecule is CCN(CC)[C@@H](C(=O)N1CCC[C@H]1C(=O)Nc1ccc(CN(Cc2ccc(NC(=O)[C@@H]3CCCN3C(=O)[C@@H](NC(=O)OC)C3CCOC3)cc2)c2ccc(F)cc2)cc1)c1ccccc1.